The summed E-state index contributed by atoms with van der Waals surface area (Å²) in [6.07, 6.45) is 1.62. The zero-order valence-corrected chi connectivity index (χ0v) is 13.1. The second kappa shape index (κ2) is 6.51. The molecular weight excluding hydrogens is 296 g/mol. The average molecular weight is 314 g/mol. The van der Waals surface area contributed by atoms with Crippen molar-refractivity contribution in [2.45, 2.75) is 13.5 Å². The Morgan fingerprint density at radius 3 is 3.04 bits per heavy atom. The van der Waals surface area contributed by atoms with Crippen molar-refractivity contribution in [1.29, 1.82) is 0 Å². The highest BCUT2D eigenvalue weighted by molar-refractivity contribution is 5.88. The predicted octanol–water partition coefficient (Wildman–Crippen LogP) is 2.22. The summed E-state index contributed by atoms with van der Waals surface area (Å²) in [5, 5.41) is 2.79. The number of carbonyl (C=O) groups is 1. The highest BCUT2D eigenvalue weighted by atomic mass is 16.5. The smallest absolute Gasteiger partial charge is 0.323 e. The van der Waals surface area contributed by atoms with E-state index < -0.39 is 0 Å². The molecule has 120 valence electrons. The number of ether oxygens (including phenoxy) is 2. The van der Waals surface area contributed by atoms with Crippen molar-refractivity contribution in [2.75, 3.05) is 25.6 Å². The largest absolute Gasteiger partial charge is 0.497 e. The van der Waals surface area contributed by atoms with Crippen LogP contribution in [-0.4, -0.2) is 41.2 Å². The Morgan fingerprint density at radius 1 is 1.39 bits per heavy atom. The van der Waals surface area contributed by atoms with Crippen LogP contribution in [0.15, 0.2) is 30.5 Å². The molecule has 2 aromatic rings. The molecule has 23 heavy (non-hydrogen) atoms. The lowest BCUT2D eigenvalue weighted by Gasteiger charge is -2.20. The molecule has 1 N–H and O–H groups in total. The molecule has 0 spiro atoms. The summed E-state index contributed by atoms with van der Waals surface area (Å²) < 4.78 is 10.9. The fourth-order valence-electron chi connectivity index (χ4n) is 2.37. The van der Waals surface area contributed by atoms with Crippen LogP contribution in [0.1, 0.15) is 11.4 Å². The Kier molecular flexibility index (Phi) is 4.27. The molecule has 0 radical (unpaired) electrons. The number of hydrogen-bond donors (Lipinski definition) is 1. The molecule has 2 amide bonds. The predicted molar refractivity (Wildman–Crippen MR) is 84.7 cm³/mol. The molecule has 0 saturated heterocycles. The Bertz CT molecular complexity index is 720. The molecule has 0 atom stereocenters. The SMILES string of the molecule is COc1ccc2c(c1)OCCN(C(=O)Nc1ccnc(C)n1)C2. The number of fused-ring (bicyclic) bond motifs is 1. The van der Waals surface area contributed by atoms with Crippen LogP contribution in [0.25, 0.3) is 0 Å². The number of anilines is 1. The van der Waals surface area contributed by atoms with Crippen LogP contribution in [0.2, 0.25) is 0 Å². The number of urea groups is 1. The molecule has 1 aliphatic heterocycles. The van der Waals surface area contributed by atoms with E-state index in [0.29, 0.717) is 31.3 Å². The van der Waals surface area contributed by atoms with Gasteiger partial charge in [-0.1, -0.05) is 0 Å². The molecule has 0 aliphatic carbocycles. The van der Waals surface area contributed by atoms with Crippen molar-refractivity contribution in [1.82, 2.24) is 14.9 Å². The second-order valence-corrected chi connectivity index (χ2v) is 5.16. The lowest BCUT2D eigenvalue weighted by molar-refractivity contribution is 0.200. The topological polar surface area (TPSA) is 76.6 Å². The maximum absolute atomic E-state index is 12.4. The van der Waals surface area contributed by atoms with E-state index in [2.05, 4.69) is 15.3 Å². The zero-order chi connectivity index (χ0) is 16.2. The van der Waals surface area contributed by atoms with Gasteiger partial charge in [0.2, 0.25) is 0 Å². The molecule has 1 aromatic heterocycles. The number of nitrogens with zero attached hydrogens (tertiary/aromatic N) is 3. The summed E-state index contributed by atoms with van der Waals surface area (Å²) in [4.78, 5) is 22.3. The van der Waals surface area contributed by atoms with Crippen LogP contribution in [0.4, 0.5) is 10.6 Å². The first-order valence-corrected chi connectivity index (χ1v) is 7.31. The van der Waals surface area contributed by atoms with Crippen molar-refractivity contribution < 1.29 is 14.3 Å². The minimum absolute atomic E-state index is 0.213. The van der Waals surface area contributed by atoms with Crippen LogP contribution in [0.3, 0.4) is 0 Å². The van der Waals surface area contributed by atoms with Gasteiger partial charge in [-0.2, -0.15) is 0 Å². The van der Waals surface area contributed by atoms with E-state index in [1.165, 1.54) is 0 Å². The van der Waals surface area contributed by atoms with Gasteiger partial charge >= 0.3 is 6.03 Å². The van der Waals surface area contributed by atoms with Gasteiger partial charge in [-0.25, -0.2) is 14.8 Å². The number of nitrogens with one attached hydrogen (secondary N) is 1. The van der Waals surface area contributed by atoms with E-state index >= 15 is 0 Å². The molecule has 0 fully saturated rings. The Morgan fingerprint density at radius 2 is 2.26 bits per heavy atom. The minimum atomic E-state index is -0.213. The van der Waals surface area contributed by atoms with Crippen LogP contribution in [-0.2, 0) is 6.54 Å². The van der Waals surface area contributed by atoms with Crippen molar-refractivity contribution in [3.05, 3.63) is 41.9 Å². The third-order valence-electron chi connectivity index (χ3n) is 3.55. The van der Waals surface area contributed by atoms with Gasteiger partial charge in [0.05, 0.1) is 20.2 Å². The highest BCUT2D eigenvalue weighted by Crippen LogP contribution is 2.28. The number of rotatable bonds is 2. The zero-order valence-electron chi connectivity index (χ0n) is 13.1. The van der Waals surface area contributed by atoms with E-state index in [1.807, 2.05) is 18.2 Å². The van der Waals surface area contributed by atoms with E-state index in [1.54, 1.807) is 31.2 Å². The first kappa shape index (κ1) is 15.1. The first-order chi connectivity index (χ1) is 11.2. The Labute approximate surface area is 134 Å². The maximum atomic E-state index is 12.4. The van der Waals surface area contributed by atoms with Crippen LogP contribution < -0.4 is 14.8 Å². The number of carbonyl (C=O) groups excluding carboxylic acids is 1. The van der Waals surface area contributed by atoms with Gasteiger partial charge in [0.15, 0.2) is 0 Å². The monoisotopic (exact) mass is 314 g/mol. The lowest BCUT2D eigenvalue weighted by atomic mass is 10.2. The van der Waals surface area contributed by atoms with Gasteiger partial charge in [0.1, 0.15) is 29.7 Å². The second-order valence-electron chi connectivity index (χ2n) is 5.16. The Hall–Kier alpha value is -2.83. The normalized spacial score (nSPS) is 13.6. The van der Waals surface area contributed by atoms with Crippen LogP contribution in [0, 0.1) is 6.92 Å². The third kappa shape index (κ3) is 3.50. The van der Waals surface area contributed by atoms with Gasteiger partial charge < -0.3 is 14.4 Å². The van der Waals surface area contributed by atoms with Gasteiger partial charge in [-0.3, -0.25) is 5.32 Å². The van der Waals surface area contributed by atoms with Gasteiger partial charge in [-0.15, -0.1) is 0 Å². The molecule has 0 bridgehead atoms. The summed E-state index contributed by atoms with van der Waals surface area (Å²) >= 11 is 0. The van der Waals surface area contributed by atoms with E-state index in [4.69, 9.17) is 9.47 Å². The number of amides is 2. The molecule has 0 saturated carbocycles. The van der Waals surface area contributed by atoms with E-state index in [-0.39, 0.29) is 6.03 Å². The summed E-state index contributed by atoms with van der Waals surface area (Å²) in [5.74, 6) is 2.58. The van der Waals surface area contributed by atoms with E-state index in [9.17, 15) is 4.79 Å². The molecule has 2 heterocycles. The summed E-state index contributed by atoms with van der Waals surface area (Å²) in [6, 6.07) is 7.06. The maximum Gasteiger partial charge on any atom is 0.323 e. The number of benzene rings is 1. The average Bonchev–Trinajstić information content (AvgIpc) is 2.76. The lowest BCUT2D eigenvalue weighted by Crippen LogP contribution is -2.36. The standard InChI is InChI=1S/C16H18N4O3/c1-11-17-6-5-15(18-11)19-16(21)20-7-8-23-14-9-13(22-2)4-3-12(14)10-20/h3-6,9H,7-8,10H2,1-2H3,(H,17,18,19,21). The molecule has 0 unspecified atom stereocenters. The Balaban J connectivity index is 1.74. The van der Waals surface area contributed by atoms with Crippen molar-refractivity contribution in [3.63, 3.8) is 0 Å². The van der Waals surface area contributed by atoms with Gasteiger partial charge in [0.25, 0.3) is 0 Å². The molecule has 7 heteroatoms. The van der Waals surface area contributed by atoms with Crippen molar-refractivity contribution in [3.8, 4) is 11.5 Å². The van der Waals surface area contributed by atoms with Crippen LogP contribution >= 0.6 is 0 Å². The summed E-state index contributed by atoms with van der Waals surface area (Å²) in [6.45, 7) is 3.16. The molecular formula is C16H18N4O3. The van der Waals surface area contributed by atoms with Crippen LogP contribution in [0.5, 0.6) is 11.5 Å². The molecule has 3 rings (SSSR count). The van der Waals surface area contributed by atoms with Crippen molar-refractivity contribution >= 4 is 11.8 Å². The summed E-state index contributed by atoms with van der Waals surface area (Å²) in [5.41, 5.74) is 0.942. The quantitative estimate of drug-likeness (QED) is 0.920. The number of aromatic nitrogens is 2. The number of methoxy groups -OCH3 is 1. The molecule has 1 aliphatic rings. The number of aryl methyl sites for hydroxylation is 1. The summed E-state index contributed by atoms with van der Waals surface area (Å²) in [7, 11) is 1.61. The molecule has 7 nitrogen and oxygen atoms in total. The fraction of sp³-hybridized carbons (Fsp3) is 0.312. The van der Waals surface area contributed by atoms with Gasteiger partial charge in [-0.05, 0) is 25.1 Å². The van der Waals surface area contributed by atoms with E-state index in [0.717, 1.165) is 17.1 Å². The molecule has 1 aromatic carbocycles. The van der Waals surface area contributed by atoms with Crippen molar-refractivity contribution in [2.24, 2.45) is 0 Å². The minimum Gasteiger partial charge on any atom is -0.497 e. The number of hydrogen-bond acceptors (Lipinski definition) is 5. The third-order valence-corrected chi connectivity index (χ3v) is 3.55. The fourth-order valence-corrected chi connectivity index (χ4v) is 2.37. The first-order valence-electron chi connectivity index (χ1n) is 7.31. The van der Waals surface area contributed by atoms with Gasteiger partial charge in [0, 0.05) is 17.8 Å². The highest BCUT2D eigenvalue weighted by Gasteiger charge is 2.20.